The Morgan fingerprint density at radius 2 is 1.86 bits per heavy atom. The molecule has 44 valence electrons. The predicted molar refractivity (Wildman–Crippen MR) is 34.9 cm³/mol. The number of aliphatic hydroxyl groups is 2. The number of aliphatic hydroxyl groups excluding tert-OH is 2. The van der Waals surface area contributed by atoms with Crippen molar-refractivity contribution in [3.05, 3.63) is 0 Å². The van der Waals surface area contributed by atoms with E-state index in [0.29, 0.717) is 0 Å². The van der Waals surface area contributed by atoms with E-state index in [1.54, 1.807) is 0 Å². The summed E-state index contributed by atoms with van der Waals surface area (Å²) >= 11 is 7.34. The third-order valence-corrected chi connectivity index (χ3v) is 1.57. The van der Waals surface area contributed by atoms with Crippen LogP contribution in [0.3, 0.4) is 0 Å². The highest BCUT2D eigenvalue weighted by Gasteiger charge is 2.06. The Kier molecular flexibility index (Phi) is 3.92. The molecular formula is C3H8O2S2. The second-order valence-electron chi connectivity index (χ2n) is 1.16. The minimum Gasteiger partial charge on any atom is -0.395 e. The van der Waals surface area contributed by atoms with Crippen LogP contribution in [0.5, 0.6) is 0 Å². The first-order valence-electron chi connectivity index (χ1n) is 1.83. The molecule has 2 unspecified atom stereocenters. The molecule has 0 fully saturated rings. The number of hydrogen-bond donors (Lipinski definition) is 4. The van der Waals surface area contributed by atoms with Gasteiger partial charge in [0.25, 0.3) is 0 Å². The van der Waals surface area contributed by atoms with E-state index in [9.17, 15) is 0 Å². The van der Waals surface area contributed by atoms with Gasteiger partial charge in [0.15, 0.2) is 0 Å². The topological polar surface area (TPSA) is 40.5 Å². The van der Waals surface area contributed by atoms with Crippen LogP contribution in [0, 0.1) is 0 Å². The molecule has 0 aliphatic heterocycles. The summed E-state index contributed by atoms with van der Waals surface area (Å²) in [6.45, 7) is -0.145. The van der Waals surface area contributed by atoms with Crippen molar-refractivity contribution in [2.75, 3.05) is 6.61 Å². The fourth-order valence-electron chi connectivity index (χ4n) is 0.0943. The Morgan fingerprint density at radius 3 is 1.86 bits per heavy atom. The minimum absolute atomic E-state index is 0.145. The van der Waals surface area contributed by atoms with Gasteiger partial charge in [0.1, 0.15) is 5.44 Å². The molecule has 0 saturated carbocycles. The van der Waals surface area contributed by atoms with E-state index in [1.807, 2.05) is 0 Å². The molecule has 2 atom stereocenters. The fourth-order valence-corrected chi connectivity index (χ4v) is 0.189. The minimum atomic E-state index is -0.826. The van der Waals surface area contributed by atoms with Crippen LogP contribution in [0.2, 0.25) is 0 Å². The molecule has 0 heterocycles. The first kappa shape index (κ1) is 7.62. The SMILES string of the molecule is OCC(S)C(O)S. The summed E-state index contributed by atoms with van der Waals surface area (Å²) in [6.07, 6.45) is 0. The normalized spacial score (nSPS) is 18.9. The van der Waals surface area contributed by atoms with E-state index < -0.39 is 10.7 Å². The average Bonchev–Trinajstić information content (AvgIpc) is 1.65. The van der Waals surface area contributed by atoms with E-state index >= 15 is 0 Å². The molecule has 0 saturated heterocycles. The summed E-state index contributed by atoms with van der Waals surface area (Å²) in [6, 6.07) is 0. The van der Waals surface area contributed by atoms with Crippen LogP contribution in [-0.2, 0) is 0 Å². The third-order valence-electron chi connectivity index (χ3n) is 0.531. The van der Waals surface area contributed by atoms with E-state index in [-0.39, 0.29) is 6.61 Å². The van der Waals surface area contributed by atoms with Gasteiger partial charge in [0.05, 0.1) is 11.9 Å². The smallest absolute Gasteiger partial charge is 0.110 e. The van der Waals surface area contributed by atoms with E-state index in [4.69, 9.17) is 10.2 Å². The molecule has 0 spiro atoms. The Bertz CT molecular complexity index is 48.2. The van der Waals surface area contributed by atoms with E-state index in [2.05, 4.69) is 25.3 Å². The monoisotopic (exact) mass is 140 g/mol. The van der Waals surface area contributed by atoms with Crippen molar-refractivity contribution in [2.24, 2.45) is 0 Å². The van der Waals surface area contributed by atoms with Crippen LogP contribution >= 0.6 is 25.3 Å². The average molecular weight is 140 g/mol. The molecule has 0 radical (unpaired) electrons. The molecule has 0 aromatic heterocycles. The van der Waals surface area contributed by atoms with Crippen LogP contribution < -0.4 is 0 Å². The Balaban J connectivity index is 3.14. The van der Waals surface area contributed by atoms with Crippen molar-refractivity contribution < 1.29 is 10.2 Å². The first-order valence-corrected chi connectivity index (χ1v) is 2.87. The molecular weight excluding hydrogens is 132 g/mol. The van der Waals surface area contributed by atoms with Gasteiger partial charge in [-0.15, -0.1) is 12.6 Å². The largest absolute Gasteiger partial charge is 0.395 e. The first-order chi connectivity index (χ1) is 3.18. The van der Waals surface area contributed by atoms with Crippen molar-refractivity contribution in [3.8, 4) is 0 Å². The Labute approximate surface area is 53.4 Å². The Morgan fingerprint density at radius 1 is 1.43 bits per heavy atom. The molecule has 2 nitrogen and oxygen atoms in total. The van der Waals surface area contributed by atoms with Gasteiger partial charge in [-0.1, -0.05) is 0 Å². The Hall–Kier alpha value is 0.620. The summed E-state index contributed by atoms with van der Waals surface area (Å²) < 4.78 is 0. The molecule has 0 aliphatic rings. The maximum absolute atomic E-state index is 8.45. The number of rotatable bonds is 2. The van der Waals surface area contributed by atoms with Crippen LogP contribution in [-0.4, -0.2) is 27.5 Å². The summed E-state index contributed by atoms with van der Waals surface area (Å²) in [4.78, 5) is 0. The van der Waals surface area contributed by atoms with Crippen molar-refractivity contribution in [1.29, 1.82) is 0 Å². The number of hydrogen-bond acceptors (Lipinski definition) is 4. The van der Waals surface area contributed by atoms with Gasteiger partial charge in [-0.25, -0.2) is 0 Å². The lowest BCUT2D eigenvalue weighted by molar-refractivity contribution is 0.208. The zero-order valence-electron chi connectivity index (χ0n) is 3.65. The molecule has 0 aromatic carbocycles. The molecule has 0 amide bonds. The third kappa shape index (κ3) is 3.22. The lowest BCUT2D eigenvalue weighted by Gasteiger charge is -2.06. The van der Waals surface area contributed by atoms with Gasteiger partial charge in [-0.3, -0.25) is 0 Å². The second-order valence-corrected chi connectivity index (χ2v) is 2.36. The van der Waals surface area contributed by atoms with Crippen molar-refractivity contribution >= 4 is 25.3 Å². The molecule has 4 heteroatoms. The summed E-state index contributed by atoms with van der Waals surface area (Å²) in [5, 5.41) is 16.2. The van der Waals surface area contributed by atoms with Crippen molar-refractivity contribution in [2.45, 2.75) is 10.7 Å². The number of thiol groups is 2. The van der Waals surface area contributed by atoms with Gasteiger partial charge < -0.3 is 10.2 Å². The van der Waals surface area contributed by atoms with Crippen LogP contribution in [0.25, 0.3) is 0 Å². The summed E-state index contributed by atoms with van der Waals surface area (Å²) in [5.74, 6) is 0. The van der Waals surface area contributed by atoms with Gasteiger partial charge in [0, 0.05) is 0 Å². The molecule has 0 rings (SSSR count). The van der Waals surface area contributed by atoms with E-state index in [1.165, 1.54) is 0 Å². The highest BCUT2D eigenvalue weighted by molar-refractivity contribution is 7.85. The van der Waals surface area contributed by atoms with Gasteiger partial charge in [-0.2, -0.15) is 12.6 Å². The lowest BCUT2D eigenvalue weighted by atomic mass is 10.5. The van der Waals surface area contributed by atoms with Crippen molar-refractivity contribution in [1.82, 2.24) is 0 Å². The summed E-state index contributed by atoms with van der Waals surface area (Å²) in [7, 11) is 0. The maximum atomic E-state index is 8.45. The zero-order valence-corrected chi connectivity index (χ0v) is 5.44. The predicted octanol–water partition coefficient (Wildman–Crippen LogP) is -0.475. The highest BCUT2D eigenvalue weighted by atomic mass is 32.1. The standard InChI is InChI=1S/C3H8O2S2/c4-1-2(6)3(5)7/h2-7H,1H2. The van der Waals surface area contributed by atoms with Crippen LogP contribution in [0.4, 0.5) is 0 Å². The fraction of sp³-hybridized carbons (Fsp3) is 1.00. The lowest BCUT2D eigenvalue weighted by Crippen LogP contribution is -2.17. The second kappa shape index (κ2) is 3.60. The van der Waals surface area contributed by atoms with Crippen molar-refractivity contribution in [3.63, 3.8) is 0 Å². The molecule has 7 heavy (non-hydrogen) atoms. The van der Waals surface area contributed by atoms with Crippen LogP contribution in [0.1, 0.15) is 0 Å². The highest BCUT2D eigenvalue weighted by Crippen LogP contribution is 2.02. The molecule has 2 N–H and O–H groups in total. The van der Waals surface area contributed by atoms with Gasteiger partial charge >= 0.3 is 0 Å². The van der Waals surface area contributed by atoms with E-state index in [0.717, 1.165) is 0 Å². The molecule has 0 aliphatic carbocycles. The summed E-state index contributed by atoms with van der Waals surface area (Å²) in [5.41, 5.74) is -0.826. The molecule has 0 aromatic rings. The zero-order chi connectivity index (χ0) is 5.86. The quantitative estimate of drug-likeness (QED) is 0.309. The van der Waals surface area contributed by atoms with Crippen LogP contribution in [0.15, 0.2) is 0 Å². The maximum Gasteiger partial charge on any atom is 0.110 e. The van der Waals surface area contributed by atoms with Gasteiger partial charge in [-0.05, 0) is 0 Å². The molecule has 0 bridgehead atoms. The van der Waals surface area contributed by atoms with Gasteiger partial charge in [0.2, 0.25) is 0 Å².